The first kappa shape index (κ1) is 12.2. The van der Waals surface area contributed by atoms with Crippen molar-refractivity contribution in [3.05, 3.63) is 42.6 Å². The molecule has 96 valence electrons. The van der Waals surface area contributed by atoms with Gasteiger partial charge in [-0.15, -0.1) is 0 Å². The summed E-state index contributed by atoms with van der Waals surface area (Å²) in [6.07, 6.45) is 6.76. The molecule has 0 aromatic carbocycles. The van der Waals surface area contributed by atoms with Crippen LogP contribution in [0.5, 0.6) is 0 Å². The molecular formula is C12H16N4O2. The van der Waals surface area contributed by atoms with Crippen LogP contribution in [-0.2, 0) is 13.1 Å². The molecule has 0 aliphatic carbocycles. The Morgan fingerprint density at radius 3 is 3.17 bits per heavy atom. The largest absolute Gasteiger partial charge is 0.472 e. The third-order valence-electron chi connectivity index (χ3n) is 2.43. The van der Waals surface area contributed by atoms with Gasteiger partial charge in [-0.2, -0.15) is 5.10 Å². The molecule has 0 aliphatic rings. The first-order valence-electron chi connectivity index (χ1n) is 5.77. The Balaban J connectivity index is 1.70. The fourth-order valence-corrected chi connectivity index (χ4v) is 1.59. The van der Waals surface area contributed by atoms with Gasteiger partial charge in [0.05, 0.1) is 19.1 Å². The Morgan fingerprint density at radius 2 is 2.50 bits per heavy atom. The molecule has 2 heterocycles. The van der Waals surface area contributed by atoms with Crippen molar-refractivity contribution in [2.45, 2.75) is 26.1 Å². The van der Waals surface area contributed by atoms with Crippen molar-refractivity contribution in [1.82, 2.24) is 20.4 Å². The molecule has 0 aliphatic heterocycles. The number of urea groups is 1. The van der Waals surface area contributed by atoms with E-state index in [0.29, 0.717) is 13.1 Å². The Labute approximate surface area is 105 Å². The van der Waals surface area contributed by atoms with Crippen molar-refractivity contribution in [1.29, 1.82) is 0 Å². The molecule has 0 saturated heterocycles. The standard InChI is InChI=1S/C12H16N4O2/c1-10(8-16-5-2-4-14-16)15-12(17)13-7-11-3-6-18-9-11/h2-6,9-10H,7-8H2,1H3,(H2,13,15,17)/t10-/m0/s1. The highest BCUT2D eigenvalue weighted by Gasteiger charge is 2.07. The smallest absolute Gasteiger partial charge is 0.315 e. The summed E-state index contributed by atoms with van der Waals surface area (Å²) in [5.74, 6) is 0. The minimum atomic E-state index is -0.198. The predicted octanol–water partition coefficient (Wildman–Crippen LogP) is 1.36. The molecule has 0 fully saturated rings. The van der Waals surface area contributed by atoms with E-state index in [-0.39, 0.29) is 12.1 Å². The van der Waals surface area contributed by atoms with Crippen LogP contribution in [0.4, 0.5) is 4.79 Å². The maximum atomic E-state index is 11.6. The van der Waals surface area contributed by atoms with Crippen molar-refractivity contribution in [3.63, 3.8) is 0 Å². The lowest BCUT2D eigenvalue weighted by Crippen LogP contribution is -2.42. The van der Waals surface area contributed by atoms with Crippen molar-refractivity contribution in [2.24, 2.45) is 0 Å². The summed E-state index contributed by atoms with van der Waals surface area (Å²) in [5, 5.41) is 9.68. The zero-order valence-corrected chi connectivity index (χ0v) is 10.2. The van der Waals surface area contributed by atoms with Gasteiger partial charge in [0.15, 0.2) is 0 Å². The molecule has 0 bridgehead atoms. The fraction of sp³-hybridized carbons (Fsp3) is 0.333. The van der Waals surface area contributed by atoms with E-state index in [2.05, 4.69) is 15.7 Å². The number of hydrogen-bond acceptors (Lipinski definition) is 3. The molecule has 0 radical (unpaired) electrons. The van der Waals surface area contributed by atoms with Crippen molar-refractivity contribution in [3.8, 4) is 0 Å². The van der Waals surface area contributed by atoms with E-state index in [1.165, 1.54) is 0 Å². The van der Waals surface area contributed by atoms with E-state index >= 15 is 0 Å². The van der Waals surface area contributed by atoms with Gasteiger partial charge in [0.2, 0.25) is 0 Å². The molecule has 6 nitrogen and oxygen atoms in total. The van der Waals surface area contributed by atoms with Crippen LogP contribution in [0.25, 0.3) is 0 Å². The summed E-state index contributed by atoms with van der Waals surface area (Å²) in [4.78, 5) is 11.6. The van der Waals surface area contributed by atoms with E-state index < -0.39 is 0 Å². The van der Waals surface area contributed by atoms with Gasteiger partial charge in [0, 0.05) is 30.5 Å². The van der Waals surface area contributed by atoms with Crippen LogP contribution < -0.4 is 10.6 Å². The summed E-state index contributed by atoms with van der Waals surface area (Å²) in [7, 11) is 0. The van der Waals surface area contributed by atoms with Crippen LogP contribution in [0.2, 0.25) is 0 Å². The topological polar surface area (TPSA) is 72.1 Å². The van der Waals surface area contributed by atoms with Gasteiger partial charge in [-0.05, 0) is 19.1 Å². The molecule has 0 saturated carbocycles. The van der Waals surface area contributed by atoms with E-state index in [9.17, 15) is 4.79 Å². The third kappa shape index (κ3) is 3.65. The first-order chi connectivity index (χ1) is 8.74. The number of aromatic nitrogens is 2. The Morgan fingerprint density at radius 1 is 1.61 bits per heavy atom. The molecule has 2 amide bonds. The maximum absolute atomic E-state index is 11.6. The average molecular weight is 248 g/mol. The Kier molecular flexibility index (Phi) is 4.01. The lowest BCUT2D eigenvalue weighted by molar-refractivity contribution is 0.235. The van der Waals surface area contributed by atoms with Gasteiger partial charge in [0.25, 0.3) is 0 Å². The number of furan rings is 1. The quantitative estimate of drug-likeness (QED) is 0.839. The van der Waals surface area contributed by atoms with Gasteiger partial charge in [-0.3, -0.25) is 4.68 Å². The normalized spacial score (nSPS) is 12.1. The monoisotopic (exact) mass is 248 g/mol. The molecule has 2 aromatic rings. The van der Waals surface area contributed by atoms with Crippen LogP contribution in [0, 0.1) is 0 Å². The number of amides is 2. The molecule has 2 aromatic heterocycles. The Hall–Kier alpha value is -2.24. The molecule has 2 N–H and O–H groups in total. The molecular weight excluding hydrogens is 232 g/mol. The van der Waals surface area contributed by atoms with Gasteiger partial charge >= 0.3 is 6.03 Å². The van der Waals surface area contributed by atoms with E-state index in [4.69, 9.17) is 4.42 Å². The molecule has 1 atom stereocenters. The highest BCUT2D eigenvalue weighted by Crippen LogP contribution is 1.98. The van der Waals surface area contributed by atoms with Gasteiger partial charge in [-0.25, -0.2) is 4.79 Å². The van der Waals surface area contributed by atoms with Crippen molar-refractivity contribution < 1.29 is 9.21 Å². The summed E-state index contributed by atoms with van der Waals surface area (Å²) >= 11 is 0. The second-order valence-corrected chi connectivity index (χ2v) is 4.09. The van der Waals surface area contributed by atoms with Crippen molar-refractivity contribution in [2.75, 3.05) is 0 Å². The summed E-state index contributed by atoms with van der Waals surface area (Å²) < 4.78 is 6.69. The van der Waals surface area contributed by atoms with Crippen molar-refractivity contribution >= 4 is 6.03 Å². The minimum absolute atomic E-state index is 0.00856. The second-order valence-electron chi connectivity index (χ2n) is 4.09. The van der Waals surface area contributed by atoms with Crippen LogP contribution in [0.15, 0.2) is 41.5 Å². The highest BCUT2D eigenvalue weighted by atomic mass is 16.3. The Bertz CT molecular complexity index is 464. The number of nitrogens with zero attached hydrogens (tertiary/aromatic N) is 2. The van der Waals surface area contributed by atoms with E-state index in [1.54, 1.807) is 23.4 Å². The molecule has 0 unspecified atom stereocenters. The number of nitrogens with one attached hydrogen (secondary N) is 2. The predicted molar refractivity (Wildman–Crippen MR) is 65.8 cm³/mol. The van der Waals surface area contributed by atoms with Crippen LogP contribution >= 0.6 is 0 Å². The van der Waals surface area contributed by atoms with Crippen LogP contribution in [0.1, 0.15) is 12.5 Å². The third-order valence-corrected chi connectivity index (χ3v) is 2.43. The van der Waals surface area contributed by atoms with Gasteiger partial charge < -0.3 is 15.1 Å². The van der Waals surface area contributed by atoms with Crippen LogP contribution in [-0.4, -0.2) is 21.9 Å². The second kappa shape index (κ2) is 5.90. The van der Waals surface area contributed by atoms with E-state index in [0.717, 1.165) is 5.56 Å². The number of hydrogen-bond donors (Lipinski definition) is 2. The maximum Gasteiger partial charge on any atom is 0.315 e. The summed E-state index contributed by atoms with van der Waals surface area (Å²) in [5.41, 5.74) is 0.935. The zero-order chi connectivity index (χ0) is 12.8. The zero-order valence-electron chi connectivity index (χ0n) is 10.2. The summed E-state index contributed by atoms with van der Waals surface area (Å²) in [6.45, 7) is 3.03. The van der Waals surface area contributed by atoms with E-state index in [1.807, 2.05) is 25.3 Å². The lowest BCUT2D eigenvalue weighted by Gasteiger charge is -2.14. The first-order valence-corrected chi connectivity index (χ1v) is 5.77. The number of carbonyl (C=O) groups is 1. The van der Waals surface area contributed by atoms with Gasteiger partial charge in [0.1, 0.15) is 0 Å². The molecule has 6 heteroatoms. The average Bonchev–Trinajstić information content (AvgIpc) is 2.98. The van der Waals surface area contributed by atoms with Gasteiger partial charge in [-0.1, -0.05) is 0 Å². The molecule has 2 rings (SSSR count). The summed E-state index contributed by atoms with van der Waals surface area (Å²) in [6, 6.07) is 3.48. The van der Waals surface area contributed by atoms with Crippen LogP contribution in [0.3, 0.4) is 0 Å². The highest BCUT2D eigenvalue weighted by molar-refractivity contribution is 5.74. The minimum Gasteiger partial charge on any atom is -0.472 e. The number of carbonyl (C=O) groups excluding carboxylic acids is 1. The molecule has 18 heavy (non-hydrogen) atoms. The SMILES string of the molecule is C[C@@H](Cn1cccn1)NC(=O)NCc1ccoc1. The molecule has 0 spiro atoms. The lowest BCUT2D eigenvalue weighted by atomic mass is 10.3. The fourth-order valence-electron chi connectivity index (χ4n) is 1.59. The number of rotatable bonds is 5.